The standard InChI is InChI=1S/C11H16FNO2/c1-4-10(11(12)5-2)8-15-7-6-13(3)9-14/h4-5,9H,1-2,6-8H2,3H3/b11-10-. The van der Waals surface area contributed by atoms with Crippen LogP contribution in [0.2, 0.25) is 0 Å². The number of likely N-dealkylation sites (N-methyl/N-ethyl adjacent to an activating group) is 1. The van der Waals surface area contributed by atoms with Gasteiger partial charge in [-0.2, -0.15) is 0 Å². The maximum absolute atomic E-state index is 13.0. The number of carbonyl (C=O) groups excluding carboxylic acids is 1. The van der Waals surface area contributed by atoms with E-state index in [0.717, 1.165) is 6.08 Å². The van der Waals surface area contributed by atoms with Crippen molar-refractivity contribution in [2.45, 2.75) is 0 Å². The summed E-state index contributed by atoms with van der Waals surface area (Å²) >= 11 is 0. The molecule has 1 amide bonds. The lowest BCUT2D eigenvalue weighted by Gasteiger charge is -2.10. The highest BCUT2D eigenvalue weighted by Gasteiger charge is 2.00. The highest BCUT2D eigenvalue weighted by molar-refractivity contribution is 5.46. The second kappa shape index (κ2) is 7.94. The minimum Gasteiger partial charge on any atom is -0.375 e. The molecule has 0 fully saturated rings. The number of hydrogen-bond donors (Lipinski definition) is 0. The smallest absolute Gasteiger partial charge is 0.209 e. The first-order chi connectivity index (χ1) is 7.15. The third-order valence-corrected chi connectivity index (χ3v) is 1.76. The van der Waals surface area contributed by atoms with Crippen LogP contribution in [0.25, 0.3) is 0 Å². The summed E-state index contributed by atoms with van der Waals surface area (Å²) in [5.74, 6) is -0.436. The van der Waals surface area contributed by atoms with Crippen molar-refractivity contribution in [3.8, 4) is 0 Å². The SMILES string of the molecule is C=C/C(F)=C(\C=C)COCCN(C)C=O. The van der Waals surface area contributed by atoms with Gasteiger partial charge in [-0.1, -0.05) is 19.2 Å². The fourth-order valence-corrected chi connectivity index (χ4v) is 0.800. The molecular formula is C11H16FNO2. The largest absolute Gasteiger partial charge is 0.375 e. The molecule has 0 bridgehead atoms. The Morgan fingerprint density at radius 2 is 2.13 bits per heavy atom. The van der Waals surface area contributed by atoms with Gasteiger partial charge in [0.05, 0.1) is 13.2 Å². The molecule has 0 aliphatic carbocycles. The maximum atomic E-state index is 13.0. The van der Waals surface area contributed by atoms with Crippen molar-refractivity contribution < 1.29 is 13.9 Å². The van der Waals surface area contributed by atoms with E-state index in [1.54, 1.807) is 7.05 Å². The molecule has 0 aromatic heterocycles. The van der Waals surface area contributed by atoms with E-state index in [-0.39, 0.29) is 6.61 Å². The van der Waals surface area contributed by atoms with Gasteiger partial charge in [0, 0.05) is 19.2 Å². The highest BCUT2D eigenvalue weighted by atomic mass is 19.1. The zero-order chi connectivity index (χ0) is 11.7. The summed E-state index contributed by atoms with van der Waals surface area (Å²) in [7, 11) is 1.64. The first kappa shape index (κ1) is 13.6. The van der Waals surface area contributed by atoms with Crippen molar-refractivity contribution in [1.29, 1.82) is 0 Å². The van der Waals surface area contributed by atoms with Gasteiger partial charge < -0.3 is 9.64 Å². The summed E-state index contributed by atoms with van der Waals surface area (Å²) in [6, 6.07) is 0. The summed E-state index contributed by atoms with van der Waals surface area (Å²) in [5.41, 5.74) is 0.360. The Kier molecular flexibility index (Phi) is 7.18. The molecule has 0 aliphatic heterocycles. The molecule has 0 saturated heterocycles. The molecule has 0 unspecified atom stereocenters. The predicted octanol–water partition coefficient (Wildman–Crippen LogP) is 1.69. The Balaban J connectivity index is 3.88. The number of nitrogens with zero attached hydrogens (tertiary/aromatic N) is 1. The van der Waals surface area contributed by atoms with E-state index in [9.17, 15) is 9.18 Å². The van der Waals surface area contributed by atoms with Crippen LogP contribution in [0.4, 0.5) is 4.39 Å². The fourth-order valence-electron chi connectivity index (χ4n) is 0.800. The van der Waals surface area contributed by atoms with Crippen LogP contribution < -0.4 is 0 Å². The van der Waals surface area contributed by atoms with E-state index in [1.807, 2.05) is 0 Å². The van der Waals surface area contributed by atoms with Gasteiger partial charge in [-0.3, -0.25) is 4.79 Å². The minimum atomic E-state index is -0.436. The van der Waals surface area contributed by atoms with E-state index < -0.39 is 5.83 Å². The fraction of sp³-hybridized carbons (Fsp3) is 0.364. The van der Waals surface area contributed by atoms with Crippen LogP contribution >= 0.6 is 0 Å². The number of rotatable bonds is 8. The van der Waals surface area contributed by atoms with Gasteiger partial charge in [-0.05, 0) is 6.08 Å². The Morgan fingerprint density at radius 3 is 2.60 bits per heavy atom. The second-order valence-electron chi connectivity index (χ2n) is 2.92. The zero-order valence-electron chi connectivity index (χ0n) is 8.91. The molecule has 0 aromatic rings. The van der Waals surface area contributed by atoms with Crippen LogP contribution in [0, 0.1) is 0 Å². The summed E-state index contributed by atoms with van der Waals surface area (Å²) in [4.78, 5) is 11.7. The Bertz CT molecular complexity index is 261. The lowest BCUT2D eigenvalue weighted by molar-refractivity contribution is -0.117. The highest BCUT2D eigenvalue weighted by Crippen LogP contribution is 2.08. The molecular weight excluding hydrogens is 197 g/mol. The van der Waals surface area contributed by atoms with Crippen molar-refractivity contribution >= 4 is 6.41 Å². The first-order valence-electron chi connectivity index (χ1n) is 4.52. The maximum Gasteiger partial charge on any atom is 0.209 e. The van der Waals surface area contributed by atoms with Crippen LogP contribution in [0.1, 0.15) is 0 Å². The van der Waals surface area contributed by atoms with E-state index in [0.29, 0.717) is 25.1 Å². The lowest BCUT2D eigenvalue weighted by Crippen LogP contribution is -2.21. The number of carbonyl (C=O) groups is 1. The molecule has 0 spiro atoms. The Hall–Kier alpha value is -1.42. The van der Waals surface area contributed by atoms with E-state index in [2.05, 4.69) is 13.2 Å². The van der Waals surface area contributed by atoms with Gasteiger partial charge in [-0.15, -0.1) is 0 Å². The summed E-state index contributed by atoms with van der Waals surface area (Å²) in [6.45, 7) is 7.74. The second-order valence-corrected chi connectivity index (χ2v) is 2.92. The van der Waals surface area contributed by atoms with Gasteiger partial charge in [0.15, 0.2) is 0 Å². The van der Waals surface area contributed by atoms with Gasteiger partial charge in [0.1, 0.15) is 5.83 Å². The van der Waals surface area contributed by atoms with Crippen molar-refractivity contribution in [1.82, 2.24) is 4.90 Å². The topological polar surface area (TPSA) is 29.5 Å². The average Bonchev–Trinajstić information content (AvgIpc) is 2.27. The van der Waals surface area contributed by atoms with Gasteiger partial charge >= 0.3 is 0 Å². The van der Waals surface area contributed by atoms with Gasteiger partial charge in [0.2, 0.25) is 6.41 Å². The van der Waals surface area contributed by atoms with Crippen LogP contribution in [-0.2, 0) is 9.53 Å². The molecule has 0 rings (SSSR count). The summed E-state index contributed by atoms with van der Waals surface area (Å²) in [5, 5.41) is 0. The van der Waals surface area contributed by atoms with E-state index >= 15 is 0 Å². The molecule has 0 aromatic carbocycles. The quantitative estimate of drug-likeness (QED) is 0.349. The number of halogens is 1. The number of hydrogen-bond acceptors (Lipinski definition) is 2. The molecule has 0 heterocycles. The van der Waals surface area contributed by atoms with Gasteiger partial charge in [0.25, 0.3) is 0 Å². The Morgan fingerprint density at radius 1 is 1.47 bits per heavy atom. The minimum absolute atomic E-state index is 0.133. The number of amides is 1. The van der Waals surface area contributed by atoms with Crippen LogP contribution in [0.3, 0.4) is 0 Å². The van der Waals surface area contributed by atoms with Gasteiger partial charge in [-0.25, -0.2) is 4.39 Å². The summed E-state index contributed by atoms with van der Waals surface area (Å²) in [6.07, 6.45) is 3.20. The molecule has 4 heteroatoms. The van der Waals surface area contributed by atoms with Crippen molar-refractivity contribution in [2.24, 2.45) is 0 Å². The molecule has 0 saturated carbocycles. The zero-order valence-corrected chi connectivity index (χ0v) is 8.91. The van der Waals surface area contributed by atoms with Crippen LogP contribution in [0.15, 0.2) is 36.7 Å². The molecule has 0 N–H and O–H groups in total. The third-order valence-electron chi connectivity index (χ3n) is 1.76. The van der Waals surface area contributed by atoms with E-state index in [1.165, 1.54) is 11.0 Å². The first-order valence-corrected chi connectivity index (χ1v) is 4.52. The molecule has 0 radical (unpaired) electrons. The lowest BCUT2D eigenvalue weighted by atomic mass is 10.2. The number of allylic oxidation sites excluding steroid dienone is 2. The van der Waals surface area contributed by atoms with Crippen molar-refractivity contribution in [2.75, 3.05) is 26.8 Å². The number of ether oxygens (including phenoxy) is 1. The third kappa shape index (κ3) is 5.80. The van der Waals surface area contributed by atoms with Crippen molar-refractivity contribution in [3.63, 3.8) is 0 Å². The monoisotopic (exact) mass is 213 g/mol. The normalized spacial score (nSPS) is 11.6. The average molecular weight is 213 g/mol. The van der Waals surface area contributed by atoms with Crippen LogP contribution in [-0.4, -0.2) is 38.1 Å². The summed E-state index contributed by atoms with van der Waals surface area (Å²) < 4.78 is 18.2. The molecule has 0 aliphatic rings. The molecule has 15 heavy (non-hydrogen) atoms. The Labute approximate surface area is 89.5 Å². The molecule has 0 atom stereocenters. The van der Waals surface area contributed by atoms with Crippen LogP contribution in [0.5, 0.6) is 0 Å². The predicted molar refractivity (Wildman–Crippen MR) is 58.0 cm³/mol. The van der Waals surface area contributed by atoms with Crippen molar-refractivity contribution in [3.05, 3.63) is 36.7 Å². The van der Waals surface area contributed by atoms with E-state index in [4.69, 9.17) is 4.74 Å². The molecule has 3 nitrogen and oxygen atoms in total. The molecule has 84 valence electrons.